The molecule has 0 unspecified atom stereocenters. The fraction of sp³-hybridized carbons (Fsp3) is 0.263. The molecule has 0 spiro atoms. The van der Waals surface area contributed by atoms with Gasteiger partial charge in [-0.05, 0) is 29.8 Å². The van der Waals surface area contributed by atoms with Crippen molar-refractivity contribution in [2.45, 2.75) is 13.1 Å². The summed E-state index contributed by atoms with van der Waals surface area (Å²) in [6, 6.07) is 15.4. The molecule has 0 aliphatic heterocycles. The number of imidazole rings is 1. The van der Waals surface area contributed by atoms with E-state index in [1.54, 1.807) is 18.6 Å². The van der Waals surface area contributed by atoms with Crippen LogP contribution in [-0.4, -0.2) is 39.6 Å². The zero-order chi connectivity index (χ0) is 18.1. The Morgan fingerprint density at radius 3 is 2.42 bits per heavy atom. The van der Waals surface area contributed by atoms with Crippen LogP contribution in [0.25, 0.3) is 16.8 Å². The molecule has 134 valence electrons. The molecular formula is C19H20N4O3. The minimum Gasteiger partial charge on any atom is -0.497 e. The van der Waals surface area contributed by atoms with E-state index in [9.17, 15) is 4.79 Å². The first-order valence-electron chi connectivity index (χ1n) is 8.41. The second kappa shape index (κ2) is 6.68. The molecule has 0 bridgehead atoms. The molecule has 0 saturated carbocycles. The van der Waals surface area contributed by atoms with Gasteiger partial charge in [-0.15, -0.1) is 5.10 Å². The average molecular weight is 352 g/mol. The van der Waals surface area contributed by atoms with Crippen molar-refractivity contribution in [3.05, 3.63) is 64.6 Å². The van der Waals surface area contributed by atoms with Gasteiger partial charge >= 0.3 is 5.69 Å². The Kier molecular flexibility index (Phi) is 4.22. The number of methoxy groups -OCH3 is 2. The van der Waals surface area contributed by atoms with Gasteiger partial charge in [-0.3, -0.25) is 0 Å². The molecule has 0 amide bonds. The van der Waals surface area contributed by atoms with Gasteiger partial charge in [0.25, 0.3) is 0 Å². The first-order chi connectivity index (χ1) is 12.7. The van der Waals surface area contributed by atoms with Gasteiger partial charge < -0.3 is 14.0 Å². The van der Waals surface area contributed by atoms with Crippen molar-refractivity contribution >= 4 is 16.8 Å². The summed E-state index contributed by atoms with van der Waals surface area (Å²) in [4.78, 5) is 13.0. The Bertz CT molecular complexity index is 1110. The highest BCUT2D eigenvalue weighted by Gasteiger charge is 2.17. The monoisotopic (exact) mass is 352 g/mol. The molecule has 7 heteroatoms. The molecule has 0 aliphatic carbocycles. The Balaban J connectivity index is 1.81. The van der Waals surface area contributed by atoms with Crippen LogP contribution in [0, 0.1) is 0 Å². The molecule has 0 N–H and O–H groups in total. The smallest absolute Gasteiger partial charge is 0.352 e. The Hall–Kier alpha value is -3.06. The van der Waals surface area contributed by atoms with Crippen molar-refractivity contribution < 1.29 is 9.47 Å². The molecule has 0 atom stereocenters. The maximum absolute atomic E-state index is 13.0. The summed E-state index contributed by atoms with van der Waals surface area (Å²) < 4.78 is 15.6. The van der Waals surface area contributed by atoms with Gasteiger partial charge in [0.1, 0.15) is 5.75 Å². The molecule has 0 aliphatic rings. The fourth-order valence-electron chi connectivity index (χ4n) is 3.18. The van der Waals surface area contributed by atoms with E-state index in [4.69, 9.17) is 9.47 Å². The molecule has 4 aromatic rings. The van der Waals surface area contributed by atoms with Crippen molar-refractivity contribution in [2.75, 3.05) is 20.8 Å². The van der Waals surface area contributed by atoms with Crippen molar-refractivity contribution in [2.24, 2.45) is 0 Å². The van der Waals surface area contributed by atoms with E-state index < -0.39 is 0 Å². The number of rotatable bonds is 6. The second-order valence-electron chi connectivity index (χ2n) is 6.06. The van der Waals surface area contributed by atoms with Crippen LogP contribution in [0.5, 0.6) is 5.75 Å². The number of hydrogen-bond donors (Lipinski definition) is 0. The van der Waals surface area contributed by atoms with Gasteiger partial charge in [0, 0.05) is 13.7 Å². The Morgan fingerprint density at radius 1 is 1.00 bits per heavy atom. The maximum Gasteiger partial charge on any atom is 0.352 e. The second-order valence-corrected chi connectivity index (χ2v) is 6.06. The van der Waals surface area contributed by atoms with E-state index in [-0.39, 0.29) is 5.69 Å². The first kappa shape index (κ1) is 16.4. The lowest BCUT2D eigenvalue weighted by Gasteiger charge is -2.05. The third-order valence-electron chi connectivity index (χ3n) is 4.49. The molecular weight excluding hydrogens is 332 g/mol. The summed E-state index contributed by atoms with van der Waals surface area (Å²) in [6.45, 7) is 1.59. The van der Waals surface area contributed by atoms with Gasteiger partial charge in [0.2, 0.25) is 5.78 Å². The van der Waals surface area contributed by atoms with Gasteiger partial charge in [-0.25, -0.2) is 13.9 Å². The van der Waals surface area contributed by atoms with Gasteiger partial charge in [-0.1, -0.05) is 24.3 Å². The highest BCUT2D eigenvalue weighted by Crippen LogP contribution is 2.18. The Labute approximate surface area is 150 Å². The van der Waals surface area contributed by atoms with Gasteiger partial charge in [0.15, 0.2) is 0 Å². The summed E-state index contributed by atoms with van der Waals surface area (Å²) in [6.07, 6.45) is 0. The summed E-state index contributed by atoms with van der Waals surface area (Å²) >= 11 is 0. The predicted octanol–water partition coefficient (Wildman–Crippen LogP) is 2.15. The number of nitrogens with zero attached hydrogens (tertiary/aromatic N) is 4. The van der Waals surface area contributed by atoms with Crippen LogP contribution < -0.4 is 10.4 Å². The minimum absolute atomic E-state index is 0.150. The third-order valence-corrected chi connectivity index (χ3v) is 4.49. The maximum atomic E-state index is 13.0. The first-order valence-corrected chi connectivity index (χ1v) is 8.41. The topological polar surface area (TPSA) is 62.7 Å². The van der Waals surface area contributed by atoms with Crippen LogP contribution in [-0.2, 0) is 17.8 Å². The number of benzene rings is 2. The molecule has 0 fully saturated rings. The zero-order valence-corrected chi connectivity index (χ0v) is 14.8. The number of para-hydroxylation sites is 2. The molecule has 4 rings (SSSR count). The van der Waals surface area contributed by atoms with E-state index in [1.807, 2.05) is 53.1 Å². The van der Waals surface area contributed by atoms with Crippen molar-refractivity contribution in [1.29, 1.82) is 0 Å². The van der Waals surface area contributed by atoms with E-state index in [0.717, 1.165) is 22.3 Å². The van der Waals surface area contributed by atoms with Crippen molar-refractivity contribution in [1.82, 2.24) is 18.7 Å². The van der Waals surface area contributed by atoms with E-state index in [1.165, 1.54) is 4.68 Å². The molecule has 2 aromatic carbocycles. The lowest BCUT2D eigenvalue weighted by molar-refractivity contribution is 0.189. The van der Waals surface area contributed by atoms with Crippen LogP contribution in [0.15, 0.2) is 53.3 Å². The zero-order valence-electron chi connectivity index (χ0n) is 14.8. The number of fused-ring (bicyclic) bond motifs is 3. The van der Waals surface area contributed by atoms with Crippen LogP contribution in [0.2, 0.25) is 0 Å². The summed E-state index contributed by atoms with van der Waals surface area (Å²) in [7, 11) is 3.29. The average Bonchev–Trinajstić information content (AvgIpc) is 3.15. The van der Waals surface area contributed by atoms with Crippen LogP contribution >= 0.6 is 0 Å². The quantitative estimate of drug-likeness (QED) is 0.533. The van der Waals surface area contributed by atoms with Crippen molar-refractivity contribution in [3.8, 4) is 5.75 Å². The van der Waals surface area contributed by atoms with Crippen LogP contribution in [0.3, 0.4) is 0 Å². The van der Waals surface area contributed by atoms with E-state index in [2.05, 4.69) is 5.10 Å². The van der Waals surface area contributed by atoms with E-state index >= 15 is 0 Å². The van der Waals surface area contributed by atoms with Crippen LogP contribution in [0.4, 0.5) is 0 Å². The molecule has 0 radical (unpaired) electrons. The minimum atomic E-state index is -0.150. The Morgan fingerprint density at radius 2 is 1.73 bits per heavy atom. The molecule has 2 aromatic heterocycles. The molecule has 26 heavy (non-hydrogen) atoms. The summed E-state index contributed by atoms with van der Waals surface area (Å²) in [5, 5.41) is 4.58. The van der Waals surface area contributed by atoms with Gasteiger partial charge in [0.05, 0.1) is 31.3 Å². The normalized spacial score (nSPS) is 11.5. The third kappa shape index (κ3) is 2.66. The van der Waals surface area contributed by atoms with Crippen molar-refractivity contribution in [3.63, 3.8) is 0 Å². The number of hydrogen-bond acceptors (Lipinski definition) is 4. The standard InChI is InChI=1S/C19H20N4O3/c1-25-12-11-21-16-5-3-4-6-17(16)23-18(21)20-22(19(23)24)13-14-7-9-15(26-2)10-8-14/h3-10H,11-13H2,1-2H3. The SMILES string of the molecule is COCCn1c2ccccc2n2c(=O)n(Cc3ccc(OC)cc3)nc12. The number of aromatic nitrogens is 4. The van der Waals surface area contributed by atoms with E-state index in [0.29, 0.717) is 25.5 Å². The predicted molar refractivity (Wildman–Crippen MR) is 98.9 cm³/mol. The molecule has 2 heterocycles. The van der Waals surface area contributed by atoms with Crippen LogP contribution in [0.1, 0.15) is 5.56 Å². The highest BCUT2D eigenvalue weighted by atomic mass is 16.5. The summed E-state index contributed by atoms with van der Waals surface area (Å²) in [5.41, 5.74) is 2.66. The highest BCUT2D eigenvalue weighted by molar-refractivity contribution is 5.80. The molecule has 0 saturated heterocycles. The lowest BCUT2D eigenvalue weighted by Crippen LogP contribution is -2.21. The fourth-order valence-corrected chi connectivity index (χ4v) is 3.18. The lowest BCUT2D eigenvalue weighted by atomic mass is 10.2. The molecule has 7 nitrogen and oxygen atoms in total. The van der Waals surface area contributed by atoms with Gasteiger partial charge in [-0.2, -0.15) is 0 Å². The number of ether oxygens (including phenoxy) is 2. The largest absolute Gasteiger partial charge is 0.497 e. The summed E-state index contributed by atoms with van der Waals surface area (Å²) in [5.74, 6) is 1.41.